The first-order chi connectivity index (χ1) is 7.74. The van der Waals surface area contributed by atoms with E-state index in [1.807, 2.05) is 6.92 Å². The maximum Gasteiger partial charge on any atom is 0.263 e. The summed E-state index contributed by atoms with van der Waals surface area (Å²) in [6, 6.07) is 6.20. The topological polar surface area (TPSA) is 18.5 Å². The van der Waals surface area contributed by atoms with Crippen molar-refractivity contribution in [3.05, 3.63) is 41.5 Å². The van der Waals surface area contributed by atoms with E-state index in [2.05, 4.69) is 4.89 Å². The minimum absolute atomic E-state index is 0.0212. The lowest BCUT2D eigenvalue weighted by molar-refractivity contribution is -0.282. The second-order valence-electron chi connectivity index (χ2n) is 3.06. The van der Waals surface area contributed by atoms with Crippen molar-refractivity contribution in [2.24, 2.45) is 0 Å². The molecule has 1 rings (SSSR count). The maximum absolute atomic E-state index is 12.4. The van der Waals surface area contributed by atoms with Crippen LogP contribution in [0.4, 0.5) is 8.78 Å². The first-order valence-electron chi connectivity index (χ1n) is 5.03. The van der Waals surface area contributed by atoms with Gasteiger partial charge in [-0.05, 0) is 18.6 Å². The van der Waals surface area contributed by atoms with Crippen LogP contribution in [0.3, 0.4) is 0 Å². The van der Waals surface area contributed by atoms with Crippen molar-refractivity contribution < 1.29 is 18.6 Å². The van der Waals surface area contributed by atoms with E-state index in [0.29, 0.717) is 13.2 Å². The molecule has 0 aliphatic heterocycles. The SMILES string of the molecule is CCOOC/C=C/c1cccc(C(F)F)c1. The third-order valence-corrected chi connectivity index (χ3v) is 1.84. The fourth-order valence-corrected chi connectivity index (χ4v) is 1.15. The second-order valence-corrected chi connectivity index (χ2v) is 3.06. The molecule has 0 spiro atoms. The number of hydrogen-bond donors (Lipinski definition) is 0. The summed E-state index contributed by atoms with van der Waals surface area (Å²) in [5.41, 5.74) is 0.741. The van der Waals surface area contributed by atoms with E-state index < -0.39 is 6.43 Å². The van der Waals surface area contributed by atoms with Crippen molar-refractivity contribution in [3.63, 3.8) is 0 Å². The highest BCUT2D eigenvalue weighted by atomic mass is 19.3. The first-order valence-corrected chi connectivity index (χ1v) is 5.03. The Bertz CT molecular complexity index is 338. The van der Waals surface area contributed by atoms with Crippen LogP contribution >= 0.6 is 0 Å². The molecule has 0 unspecified atom stereocenters. The van der Waals surface area contributed by atoms with Gasteiger partial charge in [-0.15, -0.1) is 0 Å². The largest absolute Gasteiger partial charge is 0.263 e. The molecule has 0 atom stereocenters. The van der Waals surface area contributed by atoms with E-state index in [1.54, 1.807) is 24.3 Å². The van der Waals surface area contributed by atoms with Crippen molar-refractivity contribution in [2.75, 3.05) is 13.2 Å². The van der Waals surface area contributed by atoms with Gasteiger partial charge in [-0.25, -0.2) is 18.6 Å². The fourth-order valence-electron chi connectivity index (χ4n) is 1.15. The van der Waals surface area contributed by atoms with Crippen LogP contribution in [0.25, 0.3) is 6.08 Å². The van der Waals surface area contributed by atoms with Crippen LogP contribution in [0.5, 0.6) is 0 Å². The van der Waals surface area contributed by atoms with E-state index >= 15 is 0 Å². The van der Waals surface area contributed by atoms with Crippen LogP contribution in [0, 0.1) is 0 Å². The molecule has 0 radical (unpaired) electrons. The summed E-state index contributed by atoms with van der Waals surface area (Å²) >= 11 is 0. The van der Waals surface area contributed by atoms with E-state index in [1.165, 1.54) is 12.1 Å². The average Bonchev–Trinajstić information content (AvgIpc) is 2.29. The van der Waals surface area contributed by atoms with Crippen LogP contribution in [0.2, 0.25) is 0 Å². The highest BCUT2D eigenvalue weighted by Gasteiger charge is 2.05. The Morgan fingerprint density at radius 1 is 1.31 bits per heavy atom. The Hall–Kier alpha value is -1.26. The van der Waals surface area contributed by atoms with Crippen LogP contribution in [-0.2, 0) is 9.78 Å². The van der Waals surface area contributed by atoms with Gasteiger partial charge in [0.25, 0.3) is 6.43 Å². The number of halogens is 2. The summed E-state index contributed by atoms with van der Waals surface area (Å²) in [4.78, 5) is 9.41. The summed E-state index contributed by atoms with van der Waals surface area (Å²) in [6.07, 6.45) is 0.985. The van der Waals surface area contributed by atoms with Gasteiger partial charge in [-0.1, -0.05) is 30.4 Å². The number of benzene rings is 1. The van der Waals surface area contributed by atoms with Crippen molar-refractivity contribution in [1.29, 1.82) is 0 Å². The molecular formula is C12H14F2O2. The molecule has 0 bridgehead atoms. The third kappa shape index (κ3) is 4.51. The summed E-state index contributed by atoms with van der Waals surface area (Å²) in [6.45, 7) is 2.59. The van der Waals surface area contributed by atoms with Gasteiger partial charge >= 0.3 is 0 Å². The molecule has 1 aromatic carbocycles. The lowest BCUT2D eigenvalue weighted by Crippen LogP contribution is -1.92. The van der Waals surface area contributed by atoms with Crippen LogP contribution < -0.4 is 0 Å². The van der Waals surface area contributed by atoms with Crippen molar-refractivity contribution in [2.45, 2.75) is 13.3 Å². The lowest BCUT2D eigenvalue weighted by atomic mass is 10.1. The summed E-state index contributed by atoms with van der Waals surface area (Å²) in [5, 5.41) is 0. The van der Waals surface area contributed by atoms with Crippen LogP contribution in [0.15, 0.2) is 30.3 Å². The zero-order valence-electron chi connectivity index (χ0n) is 9.03. The lowest BCUT2D eigenvalue weighted by Gasteiger charge is -2.00. The molecule has 0 aliphatic carbocycles. The van der Waals surface area contributed by atoms with Gasteiger partial charge < -0.3 is 0 Å². The van der Waals surface area contributed by atoms with Gasteiger partial charge in [-0.3, -0.25) is 0 Å². The van der Waals surface area contributed by atoms with Gasteiger partial charge in [0.05, 0.1) is 6.61 Å². The number of hydrogen-bond acceptors (Lipinski definition) is 2. The molecule has 2 nitrogen and oxygen atoms in total. The zero-order chi connectivity index (χ0) is 11.8. The Morgan fingerprint density at radius 3 is 2.81 bits per heavy atom. The summed E-state index contributed by atoms with van der Waals surface area (Å²) < 4.78 is 24.7. The third-order valence-electron chi connectivity index (χ3n) is 1.84. The standard InChI is InChI=1S/C12H14F2O2/c1-2-15-16-8-4-6-10-5-3-7-11(9-10)12(13)14/h3-7,9,12H,2,8H2,1H3/b6-4+. The molecule has 88 valence electrons. The summed E-state index contributed by atoms with van der Waals surface area (Å²) in [5.74, 6) is 0. The smallest absolute Gasteiger partial charge is 0.237 e. The molecular weight excluding hydrogens is 214 g/mol. The van der Waals surface area contributed by atoms with Crippen LogP contribution in [0.1, 0.15) is 24.5 Å². The first kappa shape index (κ1) is 12.8. The Kier molecular flexibility index (Phi) is 5.67. The maximum atomic E-state index is 12.4. The molecule has 4 heteroatoms. The van der Waals surface area contributed by atoms with Gasteiger partial charge in [-0.2, -0.15) is 0 Å². The zero-order valence-corrected chi connectivity index (χ0v) is 9.03. The fraction of sp³-hybridized carbons (Fsp3) is 0.333. The predicted octanol–water partition coefficient (Wildman–Crippen LogP) is 3.61. The molecule has 1 aromatic rings. The Morgan fingerprint density at radius 2 is 2.12 bits per heavy atom. The average molecular weight is 228 g/mol. The molecule has 0 saturated heterocycles. The van der Waals surface area contributed by atoms with Crippen molar-refractivity contribution in [3.8, 4) is 0 Å². The molecule has 0 aliphatic rings. The number of rotatable bonds is 6. The van der Waals surface area contributed by atoms with Gasteiger partial charge in [0.15, 0.2) is 0 Å². The van der Waals surface area contributed by atoms with E-state index in [0.717, 1.165) is 5.56 Å². The predicted molar refractivity (Wildman–Crippen MR) is 58.0 cm³/mol. The molecule has 0 amide bonds. The molecule has 0 N–H and O–H groups in total. The monoisotopic (exact) mass is 228 g/mol. The van der Waals surface area contributed by atoms with Crippen molar-refractivity contribution in [1.82, 2.24) is 0 Å². The van der Waals surface area contributed by atoms with Gasteiger partial charge in [0.2, 0.25) is 0 Å². The highest BCUT2D eigenvalue weighted by Crippen LogP contribution is 2.19. The minimum atomic E-state index is -2.44. The van der Waals surface area contributed by atoms with E-state index in [4.69, 9.17) is 4.89 Å². The molecule has 0 aromatic heterocycles. The minimum Gasteiger partial charge on any atom is -0.237 e. The molecule has 16 heavy (non-hydrogen) atoms. The normalized spacial score (nSPS) is 11.5. The van der Waals surface area contributed by atoms with Crippen molar-refractivity contribution >= 4 is 6.08 Å². The molecule has 0 saturated carbocycles. The van der Waals surface area contributed by atoms with Gasteiger partial charge in [0, 0.05) is 5.56 Å². The molecule has 0 fully saturated rings. The number of alkyl halides is 2. The Balaban J connectivity index is 2.50. The Labute approximate surface area is 93.4 Å². The second kappa shape index (κ2) is 7.09. The molecule has 0 heterocycles. The van der Waals surface area contributed by atoms with E-state index in [9.17, 15) is 8.78 Å². The van der Waals surface area contributed by atoms with Crippen LogP contribution in [-0.4, -0.2) is 13.2 Å². The highest BCUT2D eigenvalue weighted by molar-refractivity contribution is 5.50. The van der Waals surface area contributed by atoms with Gasteiger partial charge in [0.1, 0.15) is 6.61 Å². The van der Waals surface area contributed by atoms with E-state index in [-0.39, 0.29) is 5.56 Å². The quantitative estimate of drug-likeness (QED) is 0.420. The summed E-state index contributed by atoms with van der Waals surface area (Å²) in [7, 11) is 0.